The number of nitrogens with one attached hydrogen (secondary N) is 1. The molecule has 0 spiro atoms. The van der Waals surface area contributed by atoms with E-state index < -0.39 is 23.3 Å². The second kappa shape index (κ2) is 12.2. The summed E-state index contributed by atoms with van der Waals surface area (Å²) in [5, 5.41) is 0. The lowest BCUT2D eigenvalue weighted by molar-refractivity contribution is -0.143. The Bertz CT molecular complexity index is 1750. The van der Waals surface area contributed by atoms with Gasteiger partial charge in [-0.1, -0.05) is 12.1 Å². The Hall–Kier alpha value is -5.05. The van der Waals surface area contributed by atoms with E-state index in [1.54, 1.807) is 19.9 Å². The summed E-state index contributed by atoms with van der Waals surface area (Å²) in [6.45, 7) is 3.88. The van der Waals surface area contributed by atoms with E-state index in [1.165, 1.54) is 45.8 Å². The number of fused-ring (bicyclic) bond motifs is 2. The van der Waals surface area contributed by atoms with Gasteiger partial charge in [-0.25, -0.2) is 23.5 Å². The van der Waals surface area contributed by atoms with Crippen molar-refractivity contribution in [3.63, 3.8) is 0 Å². The molecule has 5 rings (SSSR count). The van der Waals surface area contributed by atoms with Gasteiger partial charge >= 0.3 is 11.7 Å². The number of benzene rings is 2. The zero-order valence-corrected chi connectivity index (χ0v) is 21.9. The van der Waals surface area contributed by atoms with E-state index in [-0.39, 0.29) is 49.9 Å². The Labute approximate surface area is 227 Å². The molecule has 0 saturated carbocycles. The number of aromatic nitrogens is 6. The summed E-state index contributed by atoms with van der Waals surface area (Å²) < 4.78 is 41.9. The van der Waals surface area contributed by atoms with Gasteiger partial charge in [0.25, 0.3) is 0 Å². The average molecular weight is 549 g/mol. The van der Waals surface area contributed by atoms with Crippen LogP contribution in [0.25, 0.3) is 28.1 Å². The Morgan fingerprint density at radius 1 is 1.10 bits per heavy atom. The van der Waals surface area contributed by atoms with Crippen LogP contribution in [0, 0.1) is 24.5 Å². The van der Waals surface area contributed by atoms with E-state index in [0.29, 0.717) is 27.8 Å². The van der Waals surface area contributed by atoms with E-state index in [4.69, 9.17) is 9.47 Å². The summed E-state index contributed by atoms with van der Waals surface area (Å²) in [5.41, 5.74) is 1.83. The van der Waals surface area contributed by atoms with Gasteiger partial charge in [0.1, 0.15) is 17.7 Å². The Morgan fingerprint density at radius 3 is 2.65 bits per heavy atom. The van der Waals surface area contributed by atoms with Crippen molar-refractivity contribution in [1.82, 2.24) is 29.1 Å². The molecule has 0 bridgehead atoms. The number of halogens is 2. The first kappa shape index (κ1) is 28.0. The molecule has 10 nitrogen and oxygen atoms in total. The number of carbonyl (C=O) groups is 1. The summed E-state index contributed by atoms with van der Waals surface area (Å²) in [7, 11) is 0. The number of carbonyl (C=O) groups excluding carboxylic acids is 1. The number of hydrogen-bond donors (Lipinski definition) is 1. The number of H-pyrrole nitrogens is 1. The molecule has 0 saturated heterocycles. The number of hydrogen-bond acceptors (Lipinski definition) is 7. The van der Waals surface area contributed by atoms with Crippen LogP contribution in [0.1, 0.15) is 31.5 Å². The standard InChI is InChI=1S/C26H24F2N6O4.C2H2/c1-3-37-21(35)11-10-19-22-24(32-25(30-19)34-14-29-18-9-8-16(27)12-20(18)34)33(26(36)31-22)13-15-6-5-7-17(28)23(15)38-4-2;1-2/h5-9,12,14H,3-4,10-11,13H2,1-2H3,(H,31,36);1-2H. The third kappa shape index (κ3) is 5.54. The maximum Gasteiger partial charge on any atom is 0.328 e. The molecule has 2 aromatic carbocycles. The summed E-state index contributed by atoms with van der Waals surface area (Å²) >= 11 is 0. The van der Waals surface area contributed by atoms with Crippen molar-refractivity contribution in [3.05, 3.63) is 76.1 Å². The van der Waals surface area contributed by atoms with E-state index in [1.807, 2.05) is 0 Å². The van der Waals surface area contributed by atoms with Crippen LogP contribution in [0.4, 0.5) is 8.78 Å². The molecule has 40 heavy (non-hydrogen) atoms. The molecule has 3 aromatic heterocycles. The van der Waals surface area contributed by atoms with Gasteiger partial charge in [0.05, 0.1) is 42.9 Å². The first-order valence-corrected chi connectivity index (χ1v) is 12.4. The van der Waals surface area contributed by atoms with Gasteiger partial charge in [0, 0.05) is 18.1 Å². The molecule has 0 aliphatic heterocycles. The van der Waals surface area contributed by atoms with E-state index in [9.17, 15) is 18.4 Å². The number of imidazole rings is 2. The number of aromatic amines is 1. The number of para-hydroxylation sites is 1. The number of rotatable bonds is 9. The predicted molar refractivity (Wildman–Crippen MR) is 144 cm³/mol. The summed E-state index contributed by atoms with van der Waals surface area (Å²) in [6.07, 6.45) is 9.62. The summed E-state index contributed by atoms with van der Waals surface area (Å²) in [4.78, 5) is 41.4. The van der Waals surface area contributed by atoms with Crippen LogP contribution in [0.5, 0.6) is 5.75 Å². The highest BCUT2D eigenvalue weighted by molar-refractivity contribution is 5.79. The van der Waals surface area contributed by atoms with Crippen molar-refractivity contribution in [3.8, 4) is 24.5 Å². The third-order valence-corrected chi connectivity index (χ3v) is 5.95. The van der Waals surface area contributed by atoms with E-state index in [2.05, 4.69) is 32.8 Å². The van der Waals surface area contributed by atoms with Gasteiger partial charge in [-0.15, -0.1) is 12.8 Å². The molecule has 0 radical (unpaired) electrons. The second-order valence-electron chi connectivity index (χ2n) is 8.40. The number of nitrogens with zero attached hydrogens (tertiary/aromatic N) is 5. The van der Waals surface area contributed by atoms with Gasteiger partial charge < -0.3 is 14.5 Å². The largest absolute Gasteiger partial charge is 0.490 e. The first-order chi connectivity index (χ1) is 19.4. The molecule has 0 unspecified atom stereocenters. The molecule has 5 aromatic rings. The monoisotopic (exact) mass is 548 g/mol. The highest BCUT2D eigenvalue weighted by Gasteiger charge is 2.20. The maximum atomic E-state index is 14.5. The lowest BCUT2D eigenvalue weighted by atomic mass is 10.2. The molecule has 1 N–H and O–H groups in total. The van der Waals surface area contributed by atoms with E-state index in [0.717, 1.165) is 0 Å². The fourth-order valence-electron chi connectivity index (χ4n) is 4.26. The Balaban J connectivity index is 0.00000181. The average Bonchev–Trinajstić information content (AvgIpc) is 3.50. The van der Waals surface area contributed by atoms with Crippen molar-refractivity contribution >= 4 is 28.2 Å². The minimum absolute atomic E-state index is 0.0181. The number of esters is 1. The summed E-state index contributed by atoms with van der Waals surface area (Å²) in [6, 6.07) is 8.61. The van der Waals surface area contributed by atoms with Crippen LogP contribution in [0.2, 0.25) is 0 Å². The fourth-order valence-corrected chi connectivity index (χ4v) is 4.26. The predicted octanol–water partition coefficient (Wildman–Crippen LogP) is 3.93. The zero-order chi connectivity index (χ0) is 28.8. The smallest absolute Gasteiger partial charge is 0.328 e. The molecule has 0 aliphatic carbocycles. The lowest BCUT2D eigenvalue weighted by Crippen LogP contribution is -2.18. The molecule has 0 amide bonds. The zero-order valence-electron chi connectivity index (χ0n) is 21.9. The van der Waals surface area contributed by atoms with Crippen LogP contribution in [-0.4, -0.2) is 48.3 Å². The highest BCUT2D eigenvalue weighted by Crippen LogP contribution is 2.26. The highest BCUT2D eigenvalue weighted by atomic mass is 19.1. The topological polar surface area (TPSA) is 117 Å². The van der Waals surface area contributed by atoms with Gasteiger partial charge in [-0.3, -0.25) is 13.9 Å². The van der Waals surface area contributed by atoms with Crippen LogP contribution < -0.4 is 10.4 Å². The van der Waals surface area contributed by atoms with Crippen LogP contribution in [0.3, 0.4) is 0 Å². The van der Waals surface area contributed by atoms with Gasteiger partial charge in [-0.05, 0) is 32.0 Å². The summed E-state index contributed by atoms with van der Waals surface area (Å²) in [5.74, 6) is -1.25. The second-order valence-corrected chi connectivity index (χ2v) is 8.40. The lowest BCUT2D eigenvalue weighted by Gasteiger charge is -2.12. The minimum Gasteiger partial charge on any atom is -0.490 e. The van der Waals surface area contributed by atoms with Crippen molar-refractivity contribution in [2.24, 2.45) is 0 Å². The molecule has 3 heterocycles. The molecule has 12 heteroatoms. The Kier molecular flexibility index (Phi) is 8.54. The van der Waals surface area contributed by atoms with E-state index >= 15 is 0 Å². The number of terminal acetylenes is 1. The molecule has 0 aliphatic rings. The van der Waals surface area contributed by atoms with Gasteiger partial charge in [0.15, 0.2) is 17.2 Å². The molecular weight excluding hydrogens is 522 g/mol. The molecular formula is C28H26F2N6O4. The van der Waals surface area contributed by atoms with Crippen LogP contribution in [-0.2, 0) is 22.5 Å². The molecule has 206 valence electrons. The van der Waals surface area contributed by atoms with Crippen molar-refractivity contribution in [2.45, 2.75) is 33.2 Å². The van der Waals surface area contributed by atoms with Crippen molar-refractivity contribution in [2.75, 3.05) is 13.2 Å². The first-order valence-electron chi connectivity index (χ1n) is 12.4. The van der Waals surface area contributed by atoms with Gasteiger partial charge in [0.2, 0.25) is 5.95 Å². The number of ether oxygens (including phenoxy) is 2. The number of aryl methyl sites for hydroxylation is 1. The molecule has 0 fully saturated rings. The van der Waals surface area contributed by atoms with Gasteiger partial charge in [-0.2, -0.15) is 4.98 Å². The van der Waals surface area contributed by atoms with Crippen LogP contribution in [0.15, 0.2) is 47.5 Å². The van der Waals surface area contributed by atoms with Crippen molar-refractivity contribution in [1.29, 1.82) is 0 Å². The fraction of sp³-hybridized carbons (Fsp3) is 0.250. The third-order valence-electron chi connectivity index (χ3n) is 5.95. The van der Waals surface area contributed by atoms with Crippen molar-refractivity contribution < 1.29 is 23.0 Å². The SMILES string of the molecule is C#C.CCOC(=O)CCc1nc(-n2cnc3ccc(F)cc32)nc2c1[nH]c(=O)n2Cc1cccc(F)c1OCC. The normalized spacial score (nSPS) is 10.8. The minimum atomic E-state index is -0.547. The molecule has 0 atom stereocenters. The maximum absolute atomic E-state index is 14.5. The quantitative estimate of drug-likeness (QED) is 0.219. The van der Waals surface area contributed by atoms with Crippen LogP contribution >= 0.6 is 0 Å². The Morgan fingerprint density at radius 2 is 1.90 bits per heavy atom.